The van der Waals surface area contributed by atoms with Gasteiger partial charge in [0, 0.05) is 30.3 Å². The van der Waals surface area contributed by atoms with Crippen molar-refractivity contribution in [1.82, 2.24) is 9.97 Å². The average molecular weight is 262 g/mol. The molecule has 1 aromatic heterocycles. The summed E-state index contributed by atoms with van der Waals surface area (Å²) in [5, 5.41) is 3.81. The molecule has 0 saturated heterocycles. The summed E-state index contributed by atoms with van der Waals surface area (Å²) < 4.78 is 0. The molecule has 0 saturated carbocycles. The highest BCUT2D eigenvalue weighted by molar-refractivity contribution is 6.30. The standard InChI is InChI=1S/C14H16ClN3/c1-3-12-9-13(16-2)18-14(17-12)8-10-4-6-11(15)7-5-10/h4-7,9H,3,8H2,1-2H3,(H,16,17,18). The minimum absolute atomic E-state index is 0.722. The molecule has 0 spiro atoms. The Morgan fingerprint density at radius 1 is 1.17 bits per heavy atom. The SMILES string of the molecule is CCc1cc(NC)nc(Cc2ccc(Cl)cc2)n1. The summed E-state index contributed by atoms with van der Waals surface area (Å²) in [4.78, 5) is 9.00. The van der Waals surface area contributed by atoms with Crippen LogP contribution >= 0.6 is 11.6 Å². The minimum atomic E-state index is 0.722. The van der Waals surface area contributed by atoms with E-state index in [9.17, 15) is 0 Å². The molecule has 0 bridgehead atoms. The zero-order valence-corrected chi connectivity index (χ0v) is 11.3. The van der Waals surface area contributed by atoms with Crippen LogP contribution in [0, 0.1) is 0 Å². The number of halogens is 1. The lowest BCUT2D eigenvalue weighted by Crippen LogP contribution is -2.04. The highest BCUT2D eigenvalue weighted by Gasteiger charge is 2.04. The lowest BCUT2D eigenvalue weighted by atomic mass is 10.1. The van der Waals surface area contributed by atoms with E-state index in [1.807, 2.05) is 37.4 Å². The Morgan fingerprint density at radius 2 is 1.89 bits per heavy atom. The molecule has 1 N–H and O–H groups in total. The zero-order valence-electron chi connectivity index (χ0n) is 10.6. The Balaban J connectivity index is 2.25. The van der Waals surface area contributed by atoms with Crippen LogP contribution in [0.1, 0.15) is 24.0 Å². The van der Waals surface area contributed by atoms with Crippen molar-refractivity contribution in [3.05, 3.63) is 52.4 Å². The van der Waals surface area contributed by atoms with Crippen LogP contribution in [0.15, 0.2) is 30.3 Å². The molecule has 1 aromatic carbocycles. The summed E-state index contributed by atoms with van der Waals surface area (Å²) in [6.45, 7) is 2.09. The van der Waals surface area contributed by atoms with E-state index in [0.717, 1.165) is 40.8 Å². The van der Waals surface area contributed by atoms with E-state index in [2.05, 4.69) is 22.2 Å². The number of aromatic nitrogens is 2. The van der Waals surface area contributed by atoms with Gasteiger partial charge in [-0.25, -0.2) is 9.97 Å². The number of nitrogens with zero attached hydrogens (tertiary/aromatic N) is 2. The van der Waals surface area contributed by atoms with Crippen molar-refractivity contribution < 1.29 is 0 Å². The quantitative estimate of drug-likeness (QED) is 0.917. The van der Waals surface area contributed by atoms with Gasteiger partial charge >= 0.3 is 0 Å². The summed E-state index contributed by atoms with van der Waals surface area (Å²) in [7, 11) is 1.87. The monoisotopic (exact) mass is 261 g/mol. The molecule has 3 nitrogen and oxygen atoms in total. The highest BCUT2D eigenvalue weighted by atomic mass is 35.5. The fourth-order valence-electron chi connectivity index (χ4n) is 1.73. The summed E-state index contributed by atoms with van der Waals surface area (Å²) >= 11 is 5.87. The maximum absolute atomic E-state index is 5.87. The van der Waals surface area contributed by atoms with E-state index in [0.29, 0.717) is 0 Å². The summed E-state index contributed by atoms with van der Waals surface area (Å²) in [6, 6.07) is 9.76. The van der Waals surface area contributed by atoms with Crippen molar-refractivity contribution >= 4 is 17.4 Å². The van der Waals surface area contributed by atoms with E-state index >= 15 is 0 Å². The smallest absolute Gasteiger partial charge is 0.135 e. The number of rotatable bonds is 4. The van der Waals surface area contributed by atoms with Gasteiger partial charge in [0.15, 0.2) is 0 Å². The molecular weight excluding hydrogens is 246 g/mol. The van der Waals surface area contributed by atoms with E-state index in [-0.39, 0.29) is 0 Å². The van der Waals surface area contributed by atoms with Crippen LogP contribution < -0.4 is 5.32 Å². The number of hydrogen-bond donors (Lipinski definition) is 1. The van der Waals surface area contributed by atoms with E-state index in [4.69, 9.17) is 11.6 Å². The number of benzene rings is 1. The van der Waals surface area contributed by atoms with Crippen molar-refractivity contribution in [3.8, 4) is 0 Å². The topological polar surface area (TPSA) is 37.8 Å². The van der Waals surface area contributed by atoms with E-state index in [1.165, 1.54) is 0 Å². The van der Waals surface area contributed by atoms with Crippen molar-refractivity contribution in [3.63, 3.8) is 0 Å². The molecule has 2 rings (SSSR count). The van der Waals surface area contributed by atoms with Crippen LogP contribution in [0.2, 0.25) is 5.02 Å². The van der Waals surface area contributed by atoms with Crippen molar-refractivity contribution in [2.24, 2.45) is 0 Å². The molecule has 4 heteroatoms. The van der Waals surface area contributed by atoms with Crippen molar-refractivity contribution in [1.29, 1.82) is 0 Å². The maximum Gasteiger partial charge on any atom is 0.135 e. The van der Waals surface area contributed by atoms with Gasteiger partial charge in [-0.1, -0.05) is 30.7 Å². The lowest BCUT2D eigenvalue weighted by molar-refractivity contribution is 0.908. The summed E-state index contributed by atoms with van der Waals surface area (Å²) in [5.41, 5.74) is 2.22. The Labute approximate surface area is 112 Å². The second kappa shape index (κ2) is 5.83. The molecular formula is C14H16ClN3. The third kappa shape index (κ3) is 3.20. The summed E-state index contributed by atoms with van der Waals surface area (Å²) in [6.07, 6.45) is 1.63. The maximum atomic E-state index is 5.87. The fraction of sp³-hybridized carbons (Fsp3) is 0.286. The average Bonchev–Trinajstić information content (AvgIpc) is 2.41. The van der Waals surface area contributed by atoms with Crippen molar-refractivity contribution in [2.45, 2.75) is 19.8 Å². The largest absolute Gasteiger partial charge is 0.373 e. The first-order valence-corrected chi connectivity index (χ1v) is 6.38. The van der Waals surface area contributed by atoms with Gasteiger partial charge in [-0.05, 0) is 24.1 Å². The predicted octanol–water partition coefficient (Wildman–Crippen LogP) is 3.32. The highest BCUT2D eigenvalue weighted by Crippen LogP contribution is 2.14. The van der Waals surface area contributed by atoms with Crippen LogP contribution in [0.5, 0.6) is 0 Å². The Kier molecular flexibility index (Phi) is 4.15. The van der Waals surface area contributed by atoms with Crippen LogP contribution in [-0.4, -0.2) is 17.0 Å². The Bertz CT molecular complexity index is 501. The third-order valence-corrected chi connectivity index (χ3v) is 2.97. The van der Waals surface area contributed by atoms with Gasteiger partial charge in [-0.2, -0.15) is 0 Å². The molecule has 0 amide bonds. The molecule has 2 aromatic rings. The second-order valence-electron chi connectivity index (χ2n) is 4.07. The normalized spacial score (nSPS) is 10.4. The van der Waals surface area contributed by atoms with Gasteiger partial charge in [0.1, 0.15) is 11.6 Å². The predicted molar refractivity (Wildman–Crippen MR) is 75.2 cm³/mol. The molecule has 0 radical (unpaired) electrons. The summed E-state index contributed by atoms with van der Waals surface area (Å²) in [5.74, 6) is 1.70. The first-order valence-electron chi connectivity index (χ1n) is 6.00. The number of hydrogen-bond acceptors (Lipinski definition) is 3. The van der Waals surface area contributed by atoms with Gasteiger partial charge in [-0.3, -0.25) is 0 Å². The van der Waals surface area contributed by atoms with E-state index in [1.54, 1.807) is 0 Å². The lowest BCUT2D eigenvalue weighted by Gasteiger charge is -2.07. The van der Waals surface area contributed by atoms with Gasteiger partial charge in [0.2, 0.25) is 0 Å². The van der Waals surface area contributed by atoms with Crippen LogP contribution in [0.4, 0.5) is 5.82 Å². The molecule has 0 unspecified atom stereocenters. The first kappa shape index (κ1) is 12.8. The molecule has 1 heterocycles. The first-order chi connectivity index (χ1) is 8.71. The molecule has 18 heavy (non-hydrogen) atoms. The zero-order chi connectivity index (χ0) is 13.0. The molecule has 0 aliphatic heterocycles. The molecule has 0 atom stereocenters. The van der Waals surface area contributed by atoms with Gasteiger partial charge in [0.25, 0.3) is 0 Å². The molecule has 0 aliphatic carbocycles. The van der Waals surface area contributed by atoms with Crippen LogP contribution in [0.3, 0.4) is 0 Å². The van der Waals surface area contributed by atoms with Crippen LogP contribution in [-0.2, 0) is 12.8 Å². The number of aryl methyl sites for hydroxylation is 1. The van der Waals surface area contributed by atoms with E-state index < -0.39 is 0 Å². The fourth-order valence-corrected chi connectivity index (χ4v) is 1.85. The molecule has 94 valence electrons. The van der Waals surface area contributed by atoms with Crippen molar-refractivity contribution in [2.75, 3.05) is 12.4 Å². The van der Waals surface area contributed by atoms with Crippen LogP contribution in [0.25, 0.3) is 0 Å². The molecule has 0 fully saturated rings. The minimum Gasteiger partial charge on any atom is -0.373 e. The van der Waals surface area contributed by atoms with Gasteiger partial charge in [-0.15, -0.1) is 0 Å². The third-order valence-electron chi connectivity index (χ3n) is 2.72. The molecule has 0 aliphatic rings. The van der Waals surface area contributed by atoms with Gasteiger partial charge in [0.05, 0.1) is 0 Å². The Hall–Kier alpha value is -1.61. The second-order valence-corrected chi connectivity index (χ2v) is 4.50. The number of anilines is 1. The Morgan fingerprint density at radius 3 is 2.50 bits per heavy atom. The number of nitrogens with one attached hydrogen (secondary N) is 1. The van der Waals surface area contributed by atoms with Gasteiger partial charge < -0.3 is 5.32 Å².